The van der Waals surface area contributed by atoms with E-state index in [0.29, 0.717) is 39.6 Å². The third-order valence-electron chi connectivity index (χ3n) is 6.74. The molecule has 2 heterocycles. The summed E-state index contributed by atoms with van der Waals surface area (Å²) in [6.45, 7) is 15.6. The van der Waals surface area contributed by atoms with Crippen molar-refractivity contribution >= 4 is 39.5 Å². The van der Waals surface area contributed by atoms with Gasteiger partial charge in [-0.15, -0.1) is 0 Å². The summed E-state index contributed by atoms with van der Waals surface area (Å²) in [5.74, 6) is 0.122. The topological polar surface area (TPSA) is 192 Å². The van der Waals surface area contributed by atoms with Crippen molar-refractivity contribution in [1.82, 2.24) is 15.1 Å². The van der Waals surface area contributed by atoms with Crippen LogP contribution >= 0.6 is 0 Å². The molecule has 266 valence electrons. The van der Waals surface area contributed by atoms with Gasteiger partial charge in [-0.2, -0.15) is 4.90 Å². The molecule has 4 aromatic rings. The fourth-order valence-electron chi connectivity index (χ4n) is 4.41. The molecule has 0 aliphatic rings. The molecule has 0 saturated heterocycles. The standard InChI is InChI=1S/C35H43N7O7S/c1-10-37-31(36)39-24-15-11-22(12-16-24)26-19-28(49-41-26)29-30(42(32(43)47-34(4,5)6)33(44)48-35(7,8)9)38-20-27(40-29)23-13-17-25(18-14-23)50(45,46)21(2)3/h11-21H,10H2,1-9H3,(H3,36,37,39). The van der Waals surface area contributed by atoms with Gasteiger partial charge in [-0.1, -0.05) is 29.4 Å². The number of aliphatic imine (C=N–C) groups is 1. The van der Waals surface area contributed by atoms with Crippen LogP contribution in [0.3, 0.4) is 0 Å². The number of ether oxygens (including phenoxy) is 2. The maximum Gasteiger partial charge on any atom is 0.425 e. The van der Waals surface area contributed by atoms with Crippen molar-refractivity contribution in [3.63, 3.8) is 0 Å². The van der Waals surface area contributed by atoms with E-state index >= 15 is 0 Å². The number of nitrogens with zero attached hydrogens (tertiary/aromatic N) is 5. The second-order valence-electron chi connectivity index (χ2n) is 13.5. The van der Waals surface area contributed by atoms with Crippen molar-refractivity contribution in [3.05, 3.63) is 60.8 Å². The first-order valence-corrected chi connectivity index (χ1v) is 17.5. The number of sulfone groups is 1. The van der Waals surface area contributed by atoms with E-state index in [4.69, 9.17) is 24.7 Å². The normalized spacial score (nSPS) is 12.5. The second kappa shape index (κ2) is 14.7. The summed E-state index contributed by atoms with van der Waals surface area (Å²) < 4.78 is 42.3. The highest BCUT2D eigenvalue weighted by Crippen LogP contribution is 2.35. The molecule has 0 fully saturated rings. The van der Waals surface area contributed by atoms with E-state index in [0.717, 1.165) is 0 Å². The van der Waals surface area contributed by atoms with E-state index < -0.39 is 38.5 Å². The van der Waals surface area contributed by atoms with Crippen LogP contribution in [0.25, 0.3) is 34.0 Å². The largest absolute Gasteiger partial charge is 0.443 e. The smallest absolute Gasteiger partial charge is 0.425 e. The zero-order valence-corrected chi connectivity index (χ0v) is 30.5. The Hall–Kier alpha value is -5.31. The monoisotopic (exact) mass is 705 g/mol. The first kappa shape index (κ1) is 37.5. The molecule has 2 aromatic carbocycles. The summed E-state index contributed by atoms with van der Waals surface area (Å²) >= 11 is 0. The Labute approximate surface area is 292 Å². The molecule has 0 aliphatic carbocycles. The third kappa shape index (κ3) is 9.22. The number of aromatic nitrogens is 3. The Bertz CT molecular complexity index is 1950. The van der Waals surface area contributed by atoms with Gasteiger partial charge in [0.25, 0.3) is 0 Å². The molecule has 0 radical (unpaired) electrons. The lowest BCUT2D eigenvalue weighted by atomic mass is 10.1. The number of hydrogen-bond donors (Lipinski definition) is 2. The molecule has 4 rings (SSSR count). The highest BCUT2D eigenvalue weighted by molar-refractivity contribution is 7.92. The van der Waals surface area contributed by atoms with Gasteiger partial charge in [-0.25, -0.2) is 28.0 Å². The molecule has 2 amide bonds. The van der Waals surface area contributed by atoms with E-state index in [1.54, 1.807) is 97.9 Å². The van der Waals surface area contributed by atoms with Crippen LogP contribution in [0.5, 0.6) is 0 Å². The molecule has 2 aromatic heterocycles. The molecule has 15 heteroatoms. The molecule has 0 saturated carbocycles. The molecular weight excluding hydrogens is 662 g/mol. The van der Waals surface area contributed by atoms with Crippen LogP contribution in [0.1, 0.15) is 62.3 Å². The molecule has 3 N–H and O–H groups in total. The molecule has 0 unspecified atom stereocenters. The van der Waals surface area contributed by atoms with Crippen LogP contribution in [-0.2, 0) is 19.3 Å². The van der Waals surface area contributed by atoms with Crippen molar-refractivity contribution in [2.45, 2.75) is 83.7 Å². The van der Waals surface area contributed by atoms with Crippen molar-refractivity contribution in [3.8, 4) is 34.0 Å². The number of carbonyl (C=O) groups is 2. The predicted octanol–water partition coefficient (Wildman–Crippen LogP) is 7.07. The molecule has 0 bridgehead atoms. The number of amides is 2. The summed E-state index contributed by atoms with van der Waals surface area (Å²) in [5.41, 5.74) is 6.52. The summed E-state index contributed by atoms with van der Waals surface area (Å²) in [7, 11) is -3.51. The third-order valence-corrected chi connectivity index (χ3v) is 8.91. The summed E-state index contributed by atoms with van der Waals surface area (Å²) in [6.07, 6.45) is -0.748. The van der Waals surface area contributed by atoms with Crippen molar-refractivity contribution in [2.75, 3.05) is 16.8 Å². The van der Waals surface area contributed by atoms with Gasteiger partial charge in [-0.3, -0.25) is 4.99 Å². The van der Waals surface area contributed by atoms with Gasteiger partial charge in [0.2, 0.25) is 0 Å². The van der Waals surface area contributed by atoms with Gasteiger partial charge in [0, 0.05) is 29.4 Å². The van der Waals surface area contributed by atoms with Crippen molar-refractivity contribution in [2.24, 2.45) is 10.7 Å². The quantitative estimate of drug-likeness (QED) is 0.140. The molecule has 0 spiro atoms. The van der Waals surface area contributed by atoms with E-state index in [1.807, 2.05) is 6.92 Å². The fourth-order valence-corrected chi connectivity index (χ4v) is 5.47. The number of imide groups is 1. The van der Waals surface area contributed by atoms with Crippen LogP contribution in [0.15, 0.2) is 75.2 Å². The SMILES string of the molecule is CCN=C(N)Nc1ccc(-c2cc(-c3nc(-c4ccc(S(=O)(=O)C(C)C)cc4)cnc3N(C(=O)OC(C)(C)C)C(=O)OC(C)(C)C)on2)cc1. The number of nitrogens with one attached hydrogen (secondary N) is 1. The Kier molecular flexibility index (Phi) is 11.0. The second-order valence-corrected chi connectivity index (χ2v) is 16.0. The van der Waals surface area contributed by atoms with Crippen LogP contribution in [0.2, 0.25) is 0 Å². The molecule has 14 nitrogen and oxygen atoms in total. The summed E-state index contributed by atoms with van der Waals surface area (Å²) in [4.78, 5) is 41.4. The van der Waals surface area contributed by atoms with Gasteiger partial charge >= 0.3 is 12.2 Å². The maximum atomic E-state index is 13.6. The maximum absolute atomic E-state index is 13.6. The van der Waals surface area contributed by atoms with Gasteiger partial charge in [-0.05, 0) is 86.6 Å². The molecular formula is C35H43N7O7S. The number of rotatable bonds is 8. The highest BCUT2D eigenvalue weighted by Gasteiger charge is 2.37. The molecule has 0 aliphatic heterocycles. The fraction of sp³-hybridized carbons (Fsp3) is 0.371. The van der Waals surface area contributed by atoms with Crippen LogP contribution in [0, 0.1) is 0 Å². The van der Waals surface area contributed by atoms with Gasteiger partial charge < -0.3 is 25.0 Å². The minimum absolute atomic E-state index is 0.0290. The number of nitrogens with two attached hydrogens (primary N) is 1. The molecule has 50 heavy (non-hydrogen) atoms. The first-order valence-electron chi connectivity index (χ1n) is 15.9. The lowest BCUT2D eigenvalue weighted by Crippen LogP contribution is -2.44. The minimum atomic E-state index is -3.51. The van der Waals surface area contributed by atoms with E-state index in [2.05, 4.69) is 20.4 Å². The van der Waals surface area contributed by atoms with Crippen molar-refractivity contribution < 1.29 is 32.0 Å². The number of guanidine groups is 1. The Morgan fingerprint density at radius 1 is 0.920 bits per heavy atom. The van der Waals surface area contributed by atoms with E-state index in [1.165, 1.54) is 18.3 Å². The lowest BCUT2D eigenvalue weighted by Gasteiger charge is -2.28. The average molecular weight is 706 g/mol. The van der Waals surface area contributed by atoms with E-state index in [-0.39, 0.29) is 28.1 Å². The van der Waals surface area contributed by atoms with Gasteiger partial charge in [0.1, 0.15) is 16.9 Å². The first-order chi connectivity index (χ1) is 23.3. The predicted molar refractivity (Wildman–Crippen MR) is 191 cm³/mol. The van der Waals surface area contributed by atoms with E-state index in [9.17, 15) is 18.0 Å². The highest BCUT2D eigenvalue weighted by atomic mass is 32.2. The lowest BCUT2D eigenvalue weighted by molar-refractivity contribution is 0.0429. The van der Waals surface area contributed by atoms with Crippen molar-refractivity contribution in [1.29, 1.82) is 0 Å². The molecule has 0 atom stereocenters. The Morgan fingerprint density at radius 2 is 1.46 bits per heavy atom. The van der Waals surface area contributed by atoms with Crippen LogP contribution in [-0.4, -0.2) is 64.7 Å². The number of hydrogen-bond acceptors (Lipinski definition) is 11. The summed E-state index contributed by atoms with van der Waals surface area (Å²) in [5, 5.41) is 6.62. The number of benzene rings is 2. The zero-order valence-electron chi connectivity index (χ0n) is 29.6. The average Bonchev–Trinajstić information content (AvgIpc) is 3.50. The van der Waals surface area contributed by atoms with Crippen LogP contribution in [0.4, 0.5) is 21.1 Å². The number of anilines is 2. The minimum Gasteiger partial charge on any atom is -0.443 e. The summed E-state index contributed by atoms with van der Waals surface area (Å²) in [6, 6.07) is 14.9. The zero-order chi connectivity index (χ0) is 37.0. The van der Waals surface area contributed by atoms with Gasteiger partial charge in [0.15, 0.2) is 33.1 Å². The Balaban J connectivity index is 1.85. The van der Waals surface area contributed by atoms with Gasteiger partial charge in [0.05, 0.1) is 22.0 Å². The Morgan fingerprint density at radius 3 is 1.98 bits per heavy atom. The number of carbonyl (C=O) groups excluding carboxylic acids is 2. The van der Waals surface area contributed by atoms with Crippen LogP contribution < -0.4 is 16.0 Å².